The van der Waals surface area contributed by atoms with E-state index in [2.05, 4.69) is 4.98 Å². The Morgan fingerprint density at radius 3 is 2.71 bits per heavy atom. The van der Waals surface area contributed by atoms with Crippen LogP contribution in [-0.4, -0.2) is 66.5 Å². The number of carbonyl (C=O) groups is 2. The minimum absolute atomic E-state index is 0.0381. The van der Waals surface area contributed by atoms with Gasteiger partial charge in [0, 0.05) is 51.2 Å². The molecular weight excluding hydrogens is 306 g/mol. The van der Waals surface area contributed by atoms with Gasteiger partial charge in [-0.3, -0.25) is 14.6 Å². The molecule has 0 N–H and O–H groups in total. The lowest BCUT2D eigenvalue weighted by Crippen LogP contribution is -2.37. The second kappa shape index (κ2) is 7.30. The molecule has 6 nitrogen and oxygen atoms in total. The number of hydrogen-bond donors (Lipinski definition) is 0. The first-order chi connectivity index (χ1) is 11.7. The van der Waals surface area contributed by atoms with Crippen LogP contribution < -0.4 is 0 Å². The standard InChI is InChI=1S/C18H25N3O3/c1-24-14-13-21-12-7-18(17(21)23)5-2-10-20(11-6-18)16(22)15-3-8-19-9-4-15/h3-4,8-9H,2,5-7,10-14H2,1H3. The van der Waals surface area contributed by atoms with Gasteiger partial charge in [-0.1, -0.05) is 0 Å². The van der Waals surface area contributed by atoms with Crippen molar-refractivity contribution in [1.82, 2.24) is 14.8 Å². The van der Waals surface area contributed by atoms with Crippen molar-refractivity contribution >= 4 is 11.8 Å². The van der Waals surface area contributed by atoms with Gasteiger partial charge < -0.3 is 14.5 Å². The van der Waals surface area contributed by atoms with E-state index >= 15 is 0 Å². The van der Waals surface area contributed by atoms with Gasteiger partial charge in [-0.2, -0.15) is 0 Å². The molecule has 0 saturated carbocycles. The van der Waals surface area contributed by atoms with Crippen molar-refractivity contribution < 1.29 is 14.3 Å². The first kappa shape index (κ1) is 16.9. The molecule has 2 saturated heterocycles. The predicted molar refractivity (Wildman–Crippen MR) is 89.5 cm³/mol. The topological polar surface area (TPSA) is 62.7 Å². The third-order valence-electron chi connectivity index (χ3n) is 5.32. The molecule has 3 heterocycles. The molecule has 2 amide bonds. The van der Waals surface area contributed by atoms with Crippen LogP contribution in [0.5, 0.6) is 0 Å². The van der Waals surface area contributed by atoms with Crippen molar-refractivity contribution in [2.24, 2.45) is 5.41 Å². The number of carbonyl (C=O) groups excluding carboxylic acids is 2. The summed E-state index contributed by atoms with van der Waals surface area (Å²) >= 11 is 0. The molecule has 1 spiro atoms. The Labute approximate surface area is 142 Å². The molecule has 3 rings (SSSR count). The average molecular weight is 331 g/mol. The number of aromatic nitrogens is 1. The van der Waals surface area contributed by atoms with Crippen molar-refractivity contribution in [2.45, 2.75) is 25.7 Å². The quantitative estimate of drug-likeness (QED) is 0.840. The van der Waals surface area contributed by atoms with Crippen LogP contribution in [0.1, 0.15) is 36.0 Å². The van der Waals surface area contributed by atoms with Crippen molar-refractivity contribution in [3.05, 3.63) is 30.1 Å². The zero-order chi connectivity index (χ0) is 17.0. The summed E-state index contributed by atoms with van der Waals surface area (Å²) < 4.78 is 5.10. The molecule has 1 atom stereocenters. The zero-order valence-corrected chi connectivity index (χ0v) is 14.2. The molecule has 6 heteroatoms. The number of likely N-dealkylation sites (tertiary alicyclic amines) is 2. The van der Waals surface area contributed by atoms with Gasteiger partial charge in [-0.05, 0) is 37.8 Å². The van der Waals surface area contributed by atoms with Gasteiger partial charge in [0.05, 0.1) is 12.0 Å². The van der Waals surface area contributed by atoms with Gasteiger partial charge in [0.2, 0.25) is 5.91 Å². The lowest BCUT2D eigenvalue weighted by Gasteiger charge is -2.26. The smallest absolute Gasteiger partial charge is 0.253 e. The molecule has 2 fully saturated rings. The summed E-state index contributed by atoms with van der Waals surface area (Å²) in [5, 5.41) is 0. The summed E-state index contributed by atoms with van der Waals surface area (Å²) in [4.78, 5) is 33.2. The highest BCUT2D eigenvalue weighted by Crippen LogP contribution is 2.41. The Balaban J connectivity index is 1.65. The highest BCUT2D eigenvalue weighted by Gasteiger charge is 2.46. The Morgan fingerprint density at radius 2 is 1.96 bits per heavy atom. The lowest BCUT2D eigenvalue weighted by molar-refractivity contribution is -0.137. The molecule has 2 aliphatic heterocycles. The Bertz CT molecular complexity index is 592. The van der Waals surface area contributed by atoms with Crippen molar-refractivity contribution in [1.29, 1.82) is 0 Å². The minimum atomic E-state index is -0.277. The van der Waals surface area contributed by atoms with Gasteiger partial charge >= 0.3 is 0 Å². The van der Waals surface area contributed by atoms with Gasteiger partial charge in [0.25, 0.3) is 5.91 Å². The summed E-state index contributed by atoms with van der Waals surface area (Å²) in [5.41, 5.74) is 0.390. The van der Waals surface area contributed by atoms with Crippen LogP contribution in [0.3, 0.4) is 0 Å². The molecule has 0 radical (unpaired) electrons. The van der Waals surface area contributed by atoms with Crippen LogP contribution in [0.4, 0.5) is 0 Å². The first-order valence-corrected chi connectivity index (χ1v) is 8.64. The highest BCUT2D eigenvalue weighted by molar-refractivity contribution is 5.94. The maximum atomic E-state index is 12.8. The van der Waals surface area contributed by atoms with E-state index in [1.165, 1.54) is 0 Å². The molecule has 2 aliphatic rings. The van der Waals surface area contributed by atoms with Crippen LogP contribution in [0.2, 0.25) is 0 Å². The second-order valence-electron chi connectivity index (χ2n) is 6.70. The number of nitrogens with zero attached hydrogens (tertiary/aromatic N) is 3. The number of pyridine rings is 1. The number of rotatable bonds is 4. The van der Waals surface area contributed by atoms with Gasteiger partial charge in [0.15, 0.2) is 0 Å². The summed E-state index contributed by atoms with van der Waals surface area (Å²) in [6.45, 7) is 3.41. The molecule has 0 aromatic carbocycles. The van der Waals surface area contributed by atoms with E-state index in [0.29, 0.717) is 31.8 Å². The van der Waals surface area contributed by atoms with E-state index < -0.39 is 0 Å². The van der Waals surface area contributed by atoms with Crippen LogP contribution >= 0.6 is 0 Å². The number of hydrogen-bond acceptors (Lipinski definition) is 4. The highest BCUT2D eigenvalue weighted by atomic mass is 16.5. The molecule has 0 bridgehead atoms. The Morgan fingerprint density at radius 1 is 1.21 bits per heavy atom. The molecule has 1 unspecified atom stereocenters. The lowest BCUT2D eigenvalue weighted by atomic mass is 9.79. The largest absolute Gasteiger partial charge is 0.383 e. The second-order valence-corrected chi connectivity index (χ2v) is 6.70. The first-order valence-electron chi connectivity index (χ1n) is 8.64. The van der Waals surface area contributed by atoms with Crippen molar-refractivity contribution in [3.63, 3.8) is 0 Å². The van der Waals surface area contributed by atoms with Crippen LogP contribution in [0.15, 0.2) is 24.5 Å². The maximum absolute atomic E-state index is 12.8. The zero-order valence-electron chi connectivity index (χ0n) is 14.2. The molecule has 1 aromatic heterocycles. The van der Waals surface area contributed by atoms with Gasteiger partial charge in [-0.15, -0.1) is 0 Å². The van der Waals surface area contributed by atoms with E-state index in [9.17, 15) is 9.59 Å². The Kier molecular flexibility index (Phi) is 5.14. The molecular formula is C18H25N3O3. The minimum Gasteiger partial charge on any atom is -0.383 e. The molecule has 24 heavy (non-hydrogen) atoms. The predicted octanol–water partition coefficient (Wildman–Crippen LogP) is 1.57. The van der Waals surface area contributed by atoms with Gasteiger partial charge in [-0.25, -0.2) is 0 Å². The van der Waals surface area contributed by atoms with E-state index in [1.807, 2.05) is 9.80 Å². The average Bonchev–Trinajstić information content (AvgIpc) is 2.79. The summed E-state index contributed by atoms with van der Waals surface area (Å²) in [6.07, 6.45) is 6.68. The van der Waals surface area contributed by atoms with Crippen LogP contribution in [0.25, 0.3) is 0 Å². The van der Waals surface area contributed by atoms with Crippen LogP contribution in [-0.2, 0) is 9.53 Å². The van der Waals surface area contributed by atoms with E-state index in [-0.39, 0.29) is 17.2 Å². The van der Waals surface area contributed by atoms with E-state index in [4.69, 9.17) is 4.74 Å². The van der Waals surface area contributed by atoms with E-state index in [0.717, 1.165) is 32.2 Å². The fraction of sp³-hybridized carbons (Fsp3) is 0.611. The van der Waals surface area contributed by atoms with Crippen molar-refractivity contribution in [3.8, 4) is 0 Å². The summed E-state index contributed by atoms with van der Waals surface area (Å²) in [7, 11) is 1.66. The molecule has 0 aliphatic carbocycles. The SMILES string of the molecule is COCCN1CCC2(CCCN(C(=O)c3ccncc3)CC2)C1=O. The Hall–Kier alpha value is -1.95. The monoisotopic (exact) mass is 331 g/mol. The summed E-state index contributed by atoms with van der Waals surface area (Å²) in [6, 6.07) is 3.49. The third-order valence-corrected chi connectivity index (χ3v) is 5.32. The normalized spacial score (nSPS) is 24.5. The van der Waals surface area contributed by atoms with E-state index in [1.54, 1.807) is 31.6 Å². The van der Waals surface area contributed by atoms with Crippen LogP contribution in [0, 0.1) is 5.41 Å². The fourth-order valence-corrected chi connectivity index (χ4v) is 3.85. The van der Waals surface area contributed by atoms with Crippen molar-refractivity contribution in [2.75, 3.05) is 39.9 Å². The fourth-order valence-electron chi connectivity index (χ4n) is 3.85. The number of amides is 2. The molecule has 1 aromatic rings. The third kappa shape index (κ3) is 3.29. The summed E-state index contributed by atoms with van der Waals surface area (Å²) in [5.74, 6) is 0.286. The number of methoxy groups -OCH3 is 1. The maximum Gasteiger partial charge on any atom is 0.253 e. The van der Waals surface area contributed by atoms with Gasteiger partial charge in [0.1, 0.15) is 0 Å². The number of ether oxygens (including phenoxy) is 1. The molecule has 130 valence electrons.